The molecule has 0 saturated carbocycles. The maximum Gasteiger partial charge on any atom is 0.136 e. The molecule has 0 spiro atoms. The number of ether oxygens (including phenoxy) is 1. The van der Waals surface area contributed by atoms with Gasteiger partial charge in [-0.1, -0.05) is 12.1 Å². The molecule has 3 aromatic rings. The molecule has 3 rings (SSSR count). The lowest BCUT2D eigenvalue weighted by Crippen LogP contribution is -2.08. The first-order chi connectivity index (χ1) is 13.2. The molecule has 2 N–H and O–H groups in total. The van der Waals surface area contributed by atoms with Gasteiger partial charge in [0.05, 0.1) is 18.7 Å². The van der Waals surface area contributed by atoms with Crippen LogP contribution in [0.4, 0.5) is 17.3 Å². The monoisotopic (exact) mass is 359 g/mol. The molecule has 1 heterocycles. The highest BCUT2D eigenvalue weighted by Crippen LogP contribution is 2.18. The predicted octanol–water partition coefficient (Wildman–Crippen LogP) is 4.06. The molecule has 0 atom stereocenters. The van der Waals surface area contributed by atoms with Crippen LogP contribution < -0.4 is 15.4 Å². The Morgan fingerprint density at radius 3 is 2.37 bits per heavy atom. The number of nitriles is 1. The summed E-state index contributed by atoms with van der Waals surface area (Å²) < 4.78 is 5.18. The summed E-state index contributed by atoms with van der Waals surface area (Å²) in [5.41, 5.74) is 2.72. The molecule has 0 aliphatic rings. The van der Waals surface area contributed by atoms with Crippen molar-refractivity contribution < 1.29 is 4.74 Å². The summed E-state index contributed by atoms with van der Waals surface area (Å²) in [5, 5.41) is 15.5. The number of nitrogens with one attached hydrogen (secondary N) is 2. The lowest BCUT2D eigenvalue weighted by atomic mass is 10.1. The van der Waals surface area contributed by atoms with Gasteiger partial charge < -0.3 is 15.4 Å². The number of benzene rings is 2. The average Bonchev–Trinajstić information content (AvgIpc) is 2.69. The van der Waals surface area contributed by atoms with Gasteiger partial charge in [-0.05, 0) is 55.3 Å². The van der Waals surface area contributed by atoms with Crippen molar-refractivity contribution in [3.63, 3.8) is 0 Å². The highest BCUT2D eigenvalue weighted by atomic mass is 16.5. The Labute approximate surface area is 158 Å². The van der Waals surface area contributed by atoms with Crippen molar-refractivity contribution in [2.24, 2.45) is 0 Å². The molecule has 0 unspecified atom stereocenters. The molecule has 1 aromatic heterocycles. The zero-order valence-electron chi connectivity index (χ0n) is 15.4. The van der Waals surface area contributed by atoms with Crippen LogP contribution >= 0.6 is 0 Å². The van der Waals surface area contributed by atoms with Crippen LogP contribution in [0.5, 0.6) is 5.75 Å². The Bertz CT molecular complexity index is 930. The summed E-state index contributed by atoms with van der Waals surface area (Å²) in [7, 11) is 1.66. The predicted molar refractivity (Wildman–Crippen MR) is 106 cm³/mol. The topological polar surface area (TPSA) is 82.9 Å². The van der Waals surface area contributed by atoms with Crippen LogP contribution in [0.25, 0.3) is 0 Å². The number of methoxy groups -OCH3 is 1. The van der Waals surface area contributed by atoms with E-state index in [4.69, 9.17) is 10.00 Å². The molecule has 0 amide bonds. The maximum absolute atomic E-state index is 8.88. The minimum atomic E-state index is 0.625. The van der Waals surface area contributed by atoms with Crippen LogP contribution in [0.2, 0.25) is 0 Å². The molecule has 0 saturated heterocycles. The largest absolute Gasteiger partial charge is 0.497 e. The minimum Gasteiger partial charge on any atom is -0.497 e. The highest BCUT2D eigenvalue weighted by molar-refractivity contribution is 5.60. The van der Waals surface area contributed by atoms with Gasteiger partial charge >= 0.3 is 0 Å². The van der Waals surface area contributed by atoms with E-state index in [9.17, 15) is 0 Å². The summed E-state index contributed by atoms with van der Waals surface area (Å²) in [5.74, 6) is 3.02. The zero-order valence-corrected chi connectivity index (χ0v) is 15.4. The maximum atomic E-state index is 8.88. The quantitative estimate of drug-likeness (QED) is 0.662. The third kappa shape index (κ3) is 5.19. The number of hydrogen-bond acceptors (Lipinski definition) is 6. The second kappa shape index (κ2) is 8.68. The summed E-state index contributed by atoms with van der Waals surface area (Å²) >= 11 is 0. The van der Waals surface area contributed by atoms with Gasteiger partial charge in [0.2, 0.25) is 0 Å². The van der Waals surface area contributed by atoms with Crippen molar-refractivity contribution in [3.05, 3.63) is 71.5 Å². The van der Waals surface area contributed by atoms with Crippen LogP contribution in [0, 0.1) is 18.3 Å². The molecular weight excluding hydrogens is 338 g/mol. The normalized spacial score (nSPS) is 10.1. The van der Waals surface area contributed by atoms with E-state index < -0.39 is 0 Å². The molecule has 0 fully saturated rings. The van der Waals surface area contributed by atoms with E-state index in [1.54, 1.807) is 19.2 Å². The van der Waals surface area contributed by atoms with Crippen molar-refractivity contribution in [2.75, 3.05) is 24.3 Å². The first kappa shape index (κ1) is 18.2. The van der Waals surface area contributed by atoms with E-state index in [2.05, 4.69) is 38.8 Å². The number of aromatic nitrogens is 2. The third-order valence-corrected chi connectivity index (χ3v) is 4.00. The Morgan fingerprint density at radius 2 is 1.70 bits per heavy atom. The molecule has 27 heavy (non-hydrogen) atoms. The Balaban J connectivity index is 1.61. The molecule has 0 aliphatic carbocycles. The lowest BCUT2D eigenvalue weighted by molar-refractivity contribution is 0.414. The van der Waals surface area contributed by atoms with Gasteiger partial charge in [-0.2, -0.15) is 5.26 Å². The third-order valence-electron chi connectivity index (χ3n) is 4.00. The molecule has 136 valence electrons. The fourth-order valence-electron chi connectivity index (χ4n) is 2.63. The Hall–Kier alpha value is -3.59. The number of aryl methyl sites for hydroxylation is 1. The lowest BCUT2D eigenvalue weighted by Gasteiger charge is -2.10. The first-order valence-electron chi connectivity index (χ1n) is 8.66. The summed E-state index contributed by atoms with van der Waals surface area (Å²) in [6, 6.07) is 19.3. The van der Waals surface area contributed by atoms with E-state index >= 15 is 0 Å². The molecule has 6 heteroatoms. The van der Waals surface area contributed by atoms with Crippen LogP contribution in [0.15, 0.2) is 54.6 Å². The second-order valence-corrected chi connectivity index (χ2v) is 6.02. The number of hydrogen-bond donors (Lipinski definition) is 2. The molecule has 2 aromatic carbocycles. The van der Waals surface area contributed by atoms with Gasteiger partial charge in [0.25, 0.3) is 0 Å². The van der Waals surface area contributed by atoms with Crippen molar-refractivity contribution in [1.82, 2.24) is 9.97 Å². The highest BCUT2D eigenvalue weighted by Gasteiger charge is 2.03. The van der Waals surface area contributed by atoms with Crippen molar-refractivity contribution in [1.29, 1.82) is 5.26 Å². The van der Waals surface area contributed by atoms with Gasteiger partial charge in [0.1, 0.15) is 23.2 Å². The van der Waals surface area contributed by atoms with Crippen molar-refractivity contribution >= 4 is 17.3 Å². The minimum absolute atomic E-state index is 0.625. The van der Waals surface area contributed by atoms with Gasteiger partial charge in [0.15, 0.2) is 0 Å². The Kier molecular flexibility index (Phi) is 5.85. The molecule has 6 nitrogen and oxygen atoms in total. The summed E-state index contributed by atoms with van der Waals surface area (Å²) in [6.45, 7) is 2.62. The van der Waals surface area contributed by atoms with Crippen molar-refractivity contribution in [2.45, 2.75) is 13.3 Å². The van der Waals surface area contributed by atoms with Crippen LogP contribution in [0.1, 0.15) is 17.0 Å². The van der Waals surface area contributed by atoms with Gasteiger partial charge in [-0.3, -0.25) is 0 Å². The Morgan fingerprint density at radius 1 is 1.00 bits per heavy atom. The molecule has 0 aliphatic heterocycles. The fourth-order valence-corrected chi connectivity index (χ4v) is 2.63. The number of anilines is 3. The SMILES string of the molecule is COc1ccc(CCNc2cc(Nc3ccc(C#N)cc3)nc(C)n2)cc1. The van der Waals surface area contributed by atoms with E-state index in [1.807, 2.05) is 37.3 Å². The molecule has 0 radical (unpaired) electrons. The zero-order chi connectivity index (χ0) is 19.1. The van der Waals surface area contributed by atoms with Crippen LogP contribution in [-0.4, -0.2) is 23.6 Å². The fraction of sp³-hybridized carbons (Fsp3) is 0.190. The number of rotatable bonds is 7. The molecule has 0 bridgehead atoms. The standard InChI is InChI=1S/C21H21N5O/c1-15-24-20(23-12-11-16-5-9-19(27-2)10-6-16)13-21(25-15)26-18-7-3-17(14-22)4-8-18/h3-10,13H,11-12H2,1-2H3,(H2,23,24,25,26). The van der Waals surface area contributed by atoms with Crippen LogP contribution in [0.3, 0.4) is 0 Å². The van der Waals surface area contributed by atoms with E-state index in [1.165, 1.54) is 5.56 Å². The van der Waals surface area contributed by atoms with Gasteiger partial charge in [0, 0.05) is 18.3 Å². The van der Waals surface area contributed by atoms with Crippen molar-refractivity contribution in [3.8, 4) is 11.8 Å². The average molecular weight is 359 g/mol. The van der Waals surface area contributed by atoms with E-state index in [0.29, 0.717) is 17.2 Å². The van der Waals surface area contributed by atoms with Crippen LogP contribution in [-0.2, 0) is 6.42 Å². The summed E-state index contributed by atoms with van der Waals surface area (Å²) in [6.07, 6.45) is 0.880. The van der Waals surface area contributed by atoms with E-state index in [0.717, 1.165) is 30.2 Å². The molecular formula is C21H21N5O. The summed E-state index contributed by atoms with van der Waals surface area (Å²) in [4.78, 5) is 8.85. The smallest absolute Gasteiger partial charge is 0.136 e. The van der Waals surface area contributed by atoms with E-state index in [-0.39, 0.29) is 0 Å². The van der Waals surface area contributed by atoms with Gasteiger partial charge in [-0.15, -0.1) is 0 Å². The van der Waals surface area contributed by atoms with Gasteiger partial charge in [-0.25, -0.2) is 9.97 Å². The first-order valence-corrected chi connectivity index (χ1v) is 8.66. The second-order valence-electron chi connectivity index (χ2n) is 6.02. The number of nitrogens with zero attached hydrogens (tertiary/aromatic N) is 3.